The van der Waals surface area contributed by atoms with E-state index < -0.39 is 0 Å². The van der Waals surface area contributed by atoms with Gasteiger partial charge in [0.15, 0.2) is 5.96 Å². The number of guanidine groups is 1. The van der Waals surface area contributed by atoms with E-state index in [4.69, 9.17) is 4.74 Å². The van der Waals surface area contributed by atoms with Gasteiger partial charge in [-0.3, -0.25) is 4.99 Å². The van der Waals surface area contributed by atoms with Crippen molar-refractivity contribution >= 4 is 36.0 Å². The summed E-state index contributed by atoms with van der Waals surface area (Å²) in [5, 5.41) is 16.6. The number of aliphatic imine (C=N–C) groups is 1. The maximum Gasteiger partial charge on any atom is 0.409 e. The number of carbonyl (C=O) groups excluding carboxylic acids is 1. The first kappa shape index (κ1) is 21.3. The van der Waals surface area contributed by atoms with Crippen LogP contribution in [0.1, 0.15) is 39.0 Å². The second-order valence-electron chi connectivity index (χ2n) is 6.35. The number of carbonyl (C=O) groups is 1. The van der Waals surface area contributed by atoms with Gasteiger partial charge in [0.1, 0.15) is 0 Å². The van der Waals surface area contributed by atoms with Crippen molar-refractivity contribution in [2.24, 2.45) is 10.9 Å². The molecule has 0 aromatic rings. The highest BCUT2D eigenvalue weighted by Gasteiger charge is 2.26. The molecule has 2 fully saturated rings. The Morgan fingerprint density at radius 2 is 2.00 bits per heavy atom. The third kappa shape index (κ3) is 6.27. The molecule has 1 saturated heterocycles. The number of rotatable bonds is 4. The zero-order valence-electron chi connectivity index (χ0n) is 14.7. The highest BCUT2D eigenvalue weighted by Crippen LogP contribution is 2.25. The van der Waals surface area contributed by atoms with Gasteiger partial charge in [-0.2, -0.15) is 0 Å². The number of nitrogens with zero attached hydrogens (tertiary/aromatic N) is 2. The van der Waals surface area contributed by atoms with Crippen molar-refractivity contribution < 1.29 is 14.6 Å². The molecule has 1 aliphatic heterocycles. The molecule has 7 nitrogen and oxygen atoms in total. The van der Waals surface area contributed by atoms with Crippen molar-refractivity contribution in [3.05, 3.63) is 0 Å². The van der Waals surface area contributed by atoms with E-state index in [1.165, 1.54) is 7.11 Å². The predicted octanol–water partition coefficient (Wildman–Crippen LogP) is 1.55. The van der Waals surface area contributed by atoms with Gasteiger partial charge in [0.2, 0.25) is 0 Å². The molecule has 0 aromatic heterocycles. The van der Waals surface area contributed by atoms with Crippen LogP contribution in [0.25, 0.3) is 0 Å². The van der Waals surface area contributed by atoms with Crippen LogP contribution >= 0.6 is 24.0 Å². The summed E-state index contributed by atoms with van der Waals surface area (Å²) in [6.45, 7) is 4.91. The molecule has 2 rings (SSSR count). The summed E-state index contributed by atoms with van der Waals surface area (Å²) in [6, 6.07) is 0.308. The van der Waals surface area contributed by atoms with Crippen LogP contribution < -0.4 is 10.6 Å². The van der Waals surface area contributed by atoms with Crippen LogP contribution in [0.5, 0.6) is 0 Å². The average molecular weight is 454 g/mol. The van der Waals surface area contributed by atoms with E-state index in [2.05, 4.69) is 15.6 Å². The molecule has 140 valence electrons. The van der Waals surface area contributed by atoms with Crippen molar-refractivity contribution in [3.63, 3.8) is 0 Å². The topological polar surface area (TPSA) is 86.2 Å². The van der Waals surface area contributed by atoms with Crippen LogP contribution in [0, 0.1) is 5.92 Å². The Morgan fingerprint density at radius 3 is 2.54 bits per heavy atom. The van der Waals surface area contributed by atoms with E-state index in [1.54, 1.807) is 4.90 Å². The molecule has 2 aliphatic rings. The minimum Gasteiger partial charge on any atom is -0.453 e. The smallest absolute Gasteiger partial charge is 0.409 e. The largest absolute Gasteiger partial charge is 0.453 e. The standard InChI is InChI=1S/C16H30N4O3.HI/c1-3-17-15(18-11-12-5-4-6-14(12)21)19-13-7-9-20(10-8-13)16(22)23-2;/h12-14,21H,3-11H2,1-2H3,(H2,17,18,19);1H. The summed E-state index contributed by atoms with van der Waals surface area (Å²) in [7, 11) is 1.42. The van der Waals surface area contributed by atoms with Gasteiger partial charge in [-0.25, -0.2) is 4.79 Å². The Hall–Kier alpha value is -0.770. The molecule has 1 aliphatic carbocycles. The van der Waals surface area contributed by atoms with Crippen molar-refractivity contribution in [1.82, 2.24) is 15.5 Å². The van der Waals surface area contributed by atoms with Crippen LogP contribution in [0.4, 0.5) is 4.79 Å². The second kappa shape index (κ2) is 11.0. The van der Waals surface area contributed by atoms with Gasteiger partial charge in [0, 0.05) is 38.1 Å². The van der Waals surface area contributed by atoms with E-state index in [9.17, 15) is 9.90 Å². The van der Waals surface area contributed by atoms with E-state index in [0.717, 1.165) is 44.6 Å². The summed E-state index contributed by atoms with van der Waals surface area (Å²) >= 11 is 0. The number of ether oxygens (including phenoxy) is 1. The fraction of sp³-hybridized carbons (Fsp3) is 0.875. The first-order valence-electron chi connectivity index (χ1n) is 8.69. The number of methoxy groups -OCH3 is 1. The van der Waals surface area contributed by atoms with E-state index in [0.29, 0.717) is 25.7 Å². The molecule has 1 saturated carbocycles. The third-order valence-electron chi connectivity index (χ3n) is 4.72. The van der Waals surface area contributed by atoms with Crippen LogP contribution in [-0.2, 0) is 4.74 Å². The van der Waals surface area contributed by atoms with Crippen molar-refractivity contribution in [2.75, 3.05) is 33.3 Å². The summed E-state index contributed by atoms with van der Waals surface area (Å²) < 4.78 is 4.76. The van der Waals surface area contributed by atoms with Gasteiger partial charge in [-0.1, -0.05) is 6.42 Å². The van der Waals surface area contributed by atoms with Crippen molar-refractivity contribution in [3.8, 4) is 0 Å². The van der Waals surface area contributed by atoms with Gasteiger partial charge in [0.05, 0.1) is 13.2 Å². The fourth-order valence-corrected chi connectivity index (χ4v) is 3.29. The molecular formula is C16H31IN4O3. The Kier molecular flexibility index (Phi) is 9.72. The maximum atomic E-state index is 11.5. The summed E-state index contributed by atoms with van der Waals surface area (Å²) in [5.41, 5.74) is 0. The Labute approximate surface area is 161 Å². The van der Waals surface area contributed by atoms with Gasteiger partial charge < -0.3 is 25.4 Å². The Balaban J connectivity index is 0.00000288. The zero-order valence-corrected chi connectivity index (χ0v) is 17.0. The van der Waals surface area contributed by atoms with Crippen molar-refractivity contribution in [1.29, 1.82) is 0 Å². The van der Waals surface area contributed by atoms with Crippen LogP contribution in [0.2, 0.25) is 0 Å². The van der Waals surface area contributed by atoms with Gasteiger partial charge >= 0.3 is 6.09 Å². The molecule has 0 spiro atoms. The number of aliphatic hydroxyl groups excluding tert-OH is 1. The second-order valence-corrected chi connectivity index (χ2v) is 6.35. The normalized spacial score (nSPS) is 25.1. The van der Waals surface area contributed by atoms with Gasteiger partial charge in [0.25, 0.3) is 0 Å². The summed E-state index contributed by atoms with van der Waals surface area (Å²) in [6.07, 6.45) is 4.36. The molecule has 0 aromatic carbocycles. The number of nitrogens with one attached hydrogen (secondary N) is 2. The van der Waals surface area contributed by atoms with Crippen molar-refractivity contribution in [2.45, 2.75) is 51.2 Å². The van der Waals surface area contributed by atoms with Gasteiger partial charge in [-0.05, 0) is 32.6 Å². The molecular weight excluding hydrogens is 423 g/mol. The summed E-state index contributed by atoms with van der Waals surface area (Å²) in [5.74, 6) is 1.09. The van der Waals surface area contributed by atoms with E-state index >= 15 is 0 Å². The number of hydrogen-bond acceptors (Lipinski definition) is 4. The lowest BCUT2D eigenvalue weighted by molar-refractivity contribution is 0.111. The molecule has 3 N–H and O–H groups in total. The Morgan fingerprint density at radius 1 is 1.29 bits per heavy atom. The minimum atomic E-state index is -0.251. The number of aliphatic hydroxyl groups is 1. The Bertz CT molecular complexity index is 414. The monoisotopic (exact) mass is 454 g/mol. The maximum absolute atomic E-state index is 11.5. The number of hydrogen-bond donors (Lipinski definition) is 3. The SMILES string of the molecule is CCNC(=NCC1CCCC1O)NC1CCN(C(=O)OC)CC1.I. The number of amides is 1. The quantitative estimate of drug-likeness (QED) is 0.341. The molecule has 8 heteroatoms. The molecule has 2 atom stereocenters. The minimum absolute atomic E-state index is 0. The lowest BCUT2D eigenvalue weighted by atomic mass is 10.1. The zero-order chi connectivity index (χ0) is 16.7. The summed E-state index contributed by atoms with van der Waals surface area (Å²) in [4.78, 5) is 17.9. The van der Waals surface area contributed by atoms with Crippen LogP contribution in [0.3, 0.4) is 0 Å². The highest BCUT2D eigenvalue weighted by molar-refractivity contribution is 14.0. The number of piperidine rings is 1. The molecule has 0 bridgehead atoms. The van der Waals surface area contributed by atoms with E-state index in [1.807, 2.05) is 6.92 Å². The molecule has 2 unspecified atom stereocenters. The number of halogens is 1. The predicted molar refractivity (Wildman–Crippen MR) is 105 cm³/mol. The molecule has 24 heavy (non-hydrogen) atoms. The number of likely N-dealkylation sites (tertiary alicyclic amines) is 1. The molecule has 0 radical (unpaired) electrons. The van der Waals surface area contributed by atoms with Crippen LogP contribution in [-0.4, -0.2) is 67.5 Å². The third-order valence-corrected chi connectivity index (χ3v) is 4.72. The fourth-order valence-electron chi connectivity index (χ4n) is 3.29. The van der Waals surface area contributed by atoms with E-state index in [-0.39, 0.29) is 42.1 Å². The lowest BCUT2D eigenvalue weighted by Crippen LogP contribution is -2.50. The van der Waals surface area contributed by atoms with Crippen LogP contribution in [0.15, 0.2) is 4.99 Å². The van der Waals surface area contributed by atoms with Gasteiger partial charge in [-0.15, -0.1) is 24.0 Å². The first-order valence-corrected chi connectivity index (χ1v) is 8.69. The molecule has 1 heterocycles. The highest BCUT2D eigenvalue weighted by atomic mass is 127. The first-order chi connectivity index (χ1) is 11.1. The molecule has 1 amide bonds. The average Bonchev–Trinajstić information content (AvgIpc) is 2.98. The lowest BCUT2D eigenvalue weighted by Gasteiger charge is -2.32.